The highest BCUT2D eigenvalue weighted by Gasteiger charge is 2.16. The highest BCUT2D eigenvalue weighted by molar-refractivity contribution is 14.1. The fourth-order valence-electron chi connectivity index (χ4n) is 2.52. The molecule has 1 aromatic carbocycles. The van der Waals surface area contributed by atoms with Crippen LogP contribution < -0.4 is 16.4 Å². The number of fused-ring (bicyclic) bond motifs is 1. The number of aromatic nitrogens is 3. The molecule has 0 amide bonds. The molecule has 0 unspecified atom stereocenters. The number of aryl methyl sites for hydroxylation is 1. The van der Waals surface area contributed by atoms with E-state index in [0.29, 0.717) is 3.57 Å². The first kappa shape index (κ1) is 19.0. The number of esters is 1. The molecule has 3 rings (SSSR count). The Morgan fingerprint density at radius 1 is 1.30 bits per heavy atom. The van der Waals surface area contributed by atoms with Crippen LogP contribution >= 0.6 is 22.6 Å². The van der Waals surface area contributed by atoms with E-state index < -0.39 is 22.9 Å². The van der Waals surface area contributed by atoms with Gasteiger partial charge in [-0.3, -0.25) is 23.5 Å². The molecule has 140 valence electrons. The lowest BCUT2D eigenvalue weighted by molar-refractivity contribution is -0.141. The van der Waals surface area contributed by atoms with Crippen LogP contribution in [0.1, 0.15) is 0 Å². The molecule has 2 heterocycles. The summed E-state index contributed by atoms with van der Waals surface area (Å²) in [6.45, 7) is -0.335. The molecule has 0 atom stereocenters. The molecule has 0 bridgehead atoms. The maximum atomic E-state index is 14.2. The second-order valence-electron chi connectivity index (χ2n) is 5.66. The van der Waals surface area contributed by atoms with Crippen LogP contribution in [0.5, 0.6) is 0 Å². The summed E-state index contributed by atoms with van der Waals surface area (Å²) in [7, 11) is 2.68. The van der Waals surface area contributed by atoms with Crippen LogP contribution in [0.4, 0.5) is 15.8 Å². The Morgan fingerprint density at radius 2 is 2.04 bits per heavy atom. The van der Waals surface area contributed by atoms with Crippen molar-refractivity contribution in [2.24, 2.45) is 7.05 Å². The number of nitrogens with zero attached hydrogens (tertiary/aromatic N) is 3. The summed E-state index contributed by atoms with van der Waals surface area (Å²) in [6.07, 6.45) is 1.16. The monoisotopic (exact) mass is 484 g/mol. The quantitative estimate of drug-likeness (QED) is 0.448. The van der Waals surface area contributed by atoms with Crippen molar-refractivity contribution in [3.05, 3.63) is 60.7 Å². The Balaban J connectivity index is 2.23. The van der Waals surface area contributed by atoms with E-state index >= 15 is 0 Å². The van der Waals surface area contributed by atoms with Crippen molar-refractivity contribution >= 4 is 51.0 Å². The van der Waals surface area contributed by atoms with E-state index in [9.17, 15) is 18.8 Å². The van der Waals surface area contributed by atoms with Gasteiger partial charge in [0.25, 0.3) is 11.1 Å². The average molecular weight is 484 g/mol. The predicted molar refractivity (Wildman–Crippen MR) is 106 cm³/mol. The van der Waals surface area contributed by atoms with Crippen molar-refractivity contribution in [2.75, 3.05) is 12.4 Å². The lowest BCUT2D eigenvalue weighted by Gasteiger charge is -2.13. The van der Waals surface area contributed by atoms with Crippen LogP contribution in [0, 0.1) is 9.39 Å². The van der Waals surface area contributed by atoms with Crippen molar-refractivity contribution in [3.63, 3.8) is 0 Å². The summed E-state index contributed by atoms with van der Waals surface area (Å²) < 4.78 is 21.7. The van der Waals surface area contributed by atoms with Gasteiger partial charge in [-0.25, -0.2) is 9.37 Å². The minimum Gasteiger partial charge on any atom is -0.468 e. The van der Waals surface area contributed by atoms with Crippen molar-refractivity contribution < 1.29 is 13.9 Å². The Labute approximate surface area is 165 Å². The summed E-state index contributed by atoms with van der Waals surface area (Å²) in [5.41, 5.74) is -0.664. The van der Waals surface area contributed by atoms with E-state index in [2.05, 4.69) is 15.0 Å². The zero-order valence-electron chi connectivity index (χ0n) is 14.3. The molecule has 0 aliphatic rings. The summed E-state index contributed by atoms with van der Waals surface area (Å²) >= 11 is 1.97. The molecule has 0 aliphatic carbocycles. The third-order valence-electron chi connectivity index (χ3n) is 3.93. The lowest BCUT2D eigenvalue weighted by atomic mass is 10.2. The van der Waals surface area contributed by atoms with Gasteiger partial charge >= 0.3 is 5.97 Å². The van der Waals surface area contributed by atoms with Gasteiger partial charge in [0, 0.05) is 16.7 Å². The van der Waals surface area contributed by atoms with E-state index in [-0.39, 0.29) is 29.0 Å². The number of anilines is 2. The summed E-state index contributed by atoms with van der Waals surface area (Å²) in [4.78, 5) is 40.7. The molecule has 0 saturated carbocycles. The molecule has 0 fully saturated rings. The molecular weight excluding hydrogens is 470 g/mol. The minimum absolute atomic E-state index is 0.0569. The van der Waals surface area contributed by atoms with Crippen LogP contribution in [0.25, 0.3) is 11.0 Å². The van der Waals surface area contributed by atoms with Crippen LogP contribution in [0.3, 0.4) is 0 Å². The first-order chi connectivity index (χ1) is 12.8. The van der Waals surface area contributed by atoms with Gasteiger partial charge in [-0.15, -0.1) is 0 Å². The van der Waals surface area contributed by atoms with E-state index in [1.54, 1.807) is 6.07 Å². The van der Waals surface area contributed by atoms with Gasteiger partial charge in [0.2, 0.25) is 0 Å². The van der Waals surface area contributed by atoms with Crippen LogP contribution in [0.15, 0.2) is 40.2 Å². The predicted octanol–water partition coefficient (Wildman–Crippen LogP) is 1.76. The number of pyridine rings is 1. The van der Waals surface area contributed by atoms with Crippen molar-refractivity contribution in [3.8, 4) is 0 Å². The highest BCUT2D eigenvalue weighted by Crippen LogP contribution is 2.24. The maximum absolute atomic E-state index is 14.2. The second kappa shape index (κ2) is 7.47. The van der Waals surface area contributed by atoms with E-state index in [1.165, 1.54) is 36.9 Å². The molecule has 0 aliphatic heterocycles. The minimum atomic E-state index is -0.624. The van der Waals surface area contributed by atoms with Gasteiger partial charge in [-0.05, 0) is 40.8 Å². The zero-order valence-corrected chi connectivity index (χ0v) is 16.5. The number of ether oxygens (including phenoxy) is 1. The highest BCUT2D eigenvalue weighted by atomic mass is 127. The lowest BCUT2D eigenvalue weighted by Crippen LogP contribution is -2.28. The SMILES string of the molecule is COC(=O)Cn1cnc2c(c(Nc3ccc(I)cc3F)cc(=O)n2C)c1=O. The Bertz CT molecular complexity index is 1170. The number of methoxy groups -OCH3 is 1. The molecule has 0 spiro atoms. The number of rotatable bonds is 4. The second-order valence-corrected chi connectivity index (χ2v) is 6.90. The average Bonchev–Trinajstić information content (AvgIpc) is 2.63. The van der Waals surface area contributed by atoms with Crippen LogP contribution in [-0.4, -0.2) is 27.2 Å². The maximum Gasteiger partial charge on any atom is 0.325 e. The molecule has 10 heteroatoms. The summed E-state index contributed by atoms with van der Waals surface area (Å²) in [6, 6.07) is 5.69. The zero-order chi connectivity index (χ0) is 19.7. The number of hydrogen-bond acceptors (Lipinski definition) is 6. The number of carbonyl (C=O) groups is 1. The topological polar surface area (TPSA) is 95.2 Å². The number of carbonyl (C=O) groups excluding carboxylic acids is 1. The third kappa shape index (κ3) is 3.70. The van der Waals surface area contributed by atoms with Crippen LogP contribution in [-0.2, 0) is 23.1 Å². The van der Waals surface area contributed by atoms with Crippen LogP contribution in [0.2, 0.25) is 0 Å². The standard InChI is InChI=1S/C17H14FIN4O4/c1-22-13(24)6-12(21-11-4-3-9(19)5-10(11)18)15-16(22)20-8-23(17(15)26)7-14(25)27-2/h3-6,8,21H,7H2,1-2H3. The van der Waals surface area contributed by atoms with Gasteiger partial charge in [-0.1, -0.05) is 0 Å². The van der Waals surface area contributed by atoms with Crippen molar-refractivity contribution in [1.82, 2.24) is 14.1 Å². The van der Waals surface area contributed by atoms with E-state index in [4.69, 9.17) is 0 Å². The van der Waals surface area contributed by atoms with Gasteiger partial charge in [0.1, 0.15) is 24.1 Å². The number of halogens is 2. The molecule has 1 N–H and O–H groups in total. The Kier molecular flexibility index (Phi) is 5.26. The molecule has 0 radical (unpaired) electrons. The smallest absolute Gasteiger partial charge is 0.325 e. The van der Waals surface area contributed by atoms with E-state index in [1.807, 2.05) is 22.6 Å². The number of hydrogen-bond donors (Lipinski definition) is 1. The molecule has 0 saturated heterocycles. The van der Waals surface area contributed by atoms with Gasteiger partial charge in [-0.2, -0.15) is 0 Å². The normalized spacial score (nSPS) is 10.8. The fraction of sp³-hybridized carbons (Fsp3) is 0.176. The van der Waals surface area contributed by atoms with Gasteiger partial charge in [0.15, 0.2) is 5.65 Å². The molecule has 27 heavy (non-hydrogen) atoms. The summed E-state index contributed by atoms with van der Waals surface area (Å²) in [5.74, 6) is -1.16. The molecule has 8 nitrogen and oxygen atoms in total. The molecule has 3 aromatic rings. The summed E-state index contributed by atoms with van der Waals surface area (Å²) in [5, 5.41) is 2.84. The van der Waals surface area contributed by atoms with E-state index in [0.717, 1.165) is 10.9 Å². The first-order valence-corrected chi connectivity index (χ1v) is 8.77. The number of nitrogens with one attached hydrogen (secondary N) is 1. The van der Waals surface area contributed by atoms with Crippen molar-refractivity contribution in [2.45, 2.75) is 6.54 Å². The third-order valence-corrected chi connectivity index (χ3v) is 4.60. The Hall–Kier alpha value is -2.76. The molecule has 2 aromatic heterocycles. The first-order valence-electron chi connectivity index (χ1n) is 7.70. The van der Waals surface area contributed by atoms with Gasteiger partial charge in [0.05, 0.1) is 18.5 Å². The number of benzene rings is 1. The Morgan fingerprint density at radius 3 is 2.70 bits per heavy atom. The molecular formula is C17H14FIN4O4. The van der Waals surface area contributed by atoms with Crippen molar-refractivity contribution in [1.29, 1.82) is 0 Å². The fourth-order valence-corrected chi connectivity index (χ4v) is 2.97. The van der Waals surface area contributed by atoms with Gasteiger partial charge < -0.3 is 10.1 Å². The largest absolute Gasteiger partial charge is 0.468 e.